The Kier molecular flexibility index (Phi) is 4.59. The molecule has 1 aliphatic rings. The molecular weight excluding hydrogens is 236 g/mol. The summed E-state index contributed by atoms with van der Waals surface area (Å²) in [6.07, 6.45) is 2.26. The summed E-state index contributed by atoms with van der Waals surface area (Å²) in [6, 6.07) is 10.5. The average molecular weight is 260 g/mol. The van der Waals surface area contributed by atoms with E-state index >= 15 is 0 Å². The van der Waals surface area contributed by atoms with Gasteiger partial charge in [0, 0.05) is 6.04 Å². The van der Waals surface area contributed by atoms with Crippen molar-refractivity contribution in [3.63, 3.8) is 0 Å². The van der Waals surface area contributed by atoms with Crippen LogP contribution in [0.3, 0.4) is 0 Å². The molecule has 0 aliphatic carbocycles. The van der Waals surface area contributed by atoms with Crippen molar-refractivity contribution < 1.29 is 4.79 Å². The van der Waals surface area contributed by atoms with Gasteiger partial charge in [-0.1, -0.05) is 44.2 Å². The van der Waals surface area contributed by atoms with Crippen molar-refractivity contribution in [2.24, 2.45) is 5.92 Å². The summed E-state index contributed by atoms with van der Waals surface area (Å²) >= 11 is 0. The molecule has 1 aromatic rings. The topological polar surface area (TPSA) is 32.3 Å². The molecule has 2 atom stereocenters. The van der Waals surface area contributed by atoms with Crippen molar-refractivity contribution in [2.75, 3.05) is 6.54 Å². The molecule has 0 saturated carbocycles. The molecule has 1 saturated heterocycles. The van der Waals surface area contributed by atoms with Gasteiger partial charge in [-0.25, -0.2) is 0 Å². The zero-order chi connectivity index (χ0) is 13.8. The number of benzene rings is 1. The summed E-state index contributed by atoms with van der Waals surface area (Å²) in [4.78, 5) is 14.1. The molecule has 19 heavy (non-hydrogen) atoms. The lowest BCUT2D eigenvalue weighted by molar-refractivity contribution is -0.130. The van der Waals surface area contributed by atoms with Gasteiger partial charge >= 0.3 is 0 Å². The van der Waals surface area contributed by atoms with Gasteiger partial charge in [0.1, 0.15) is 6.17 Å². The Morgan fingerprint density at radius 2 is 1.89 bits per heavy atom. The predicted octanol–water partition coefficient (Wildman–Crippen LogP) is 2.94. The molecule has 1 aliphatic heterocycles. The van der Waals surface area contributed by atoms with E-state index in [-0.39, 0.29) is 18.1 Å². The fourth-order valence-corrected chi connectivity index (χ4v) is 2.65. The van der Waals surface area contributed by atoms with Gasteiger partial charge in [0.15, 0.2) is 0 Å². The van der Waals surface area contributed by atoms with Crippen molar-refractivity contribution in [3.05, 3.63) is 35.9 Å². The Balaban J connectivity index is 2.09. The monoisotopic (exact) mass is 260 g/mol. The van der Waals surface area contributed by atoms with E-state index in [1.165, 1.54) is 5.56 Å². The highest BCUT2D eigenvalue weighted by molar-refractivity contribution is 5.81. The molecule has 3 nitrogen and oxygen atoms in total. The number of carbonyl (C=O) groups excluding carboxylic acids is 1. The summed E-state index contributed by atoms with van der Waals surface area (Å²) in [7, 11) is 0. The van der Waals surface area contributed by atoms with Gasteiger partial charge in [-0.2, -0.15) is 0 Å². The van der Waals surface area contributed by atoms with Crippen LogP contribution in [0.5, 0.6) is 0 Å². The summed E-state index contributed by atoms with van der Waals surface area (Å²) in [5, 5.41) is 3.32. The SMILES string of the molecule is CC(C)CCC(C)N1C(=O)CNC1c1ccccc1. The number of amides is 1. The highest BCUT2D eigenvalue weighted by Crippen LogP contribution is 2.26. The highest BCUT2D eigenvalue weighted by Gasteiger charge is 2.34. The third-order valence-electron chi connectivity index (χ3n) is 3.76. The lowest BCUT2D eigenvalue weighted by atomic mass is 10.0. The maximum atomic E-state index is 12.1. The van der Waals surface area contributed by atoms with Crippen LogP contribution in [-0.4, -0.2) is 23.4 Å². The van der Waals surface area contributed by atoms with Crippen LogP contribution in [0.15, 0.2) is 30.3 Å². The van der Waals surface area contributed by atoms with Crippen molar-refractivity contribution in [2.45, 2.75) is 45.8 Å². The first-order valence-corrected chi connectivity index (χ1v) is 7.19. The van der Waals surface area contributed by atoms with E-state index in [4.69, 9.17) is 0 Å². The Hall–Kier alpha value is -1.35. The van der Waals surface area contributed by atoms with Gasteiger partial charge in [-0.05, 0) is 31.2 Å². The molecule has 1 aromatic carbocycles. The average Bonchev–Trinajstić information content (AvgIpc) is 2.79. The maximum absolute atomic E-state index is 12.1. The molecule has 2 unspecified atom stereocenters. The first kappa shape index (κ1) is 14.1. The molecule has 1 N–H and O–H groups in total. The lowest BCUT2D eigenvalue weighted by Crippen LogP contribution is -2.38. The molecule has 104 valence electrons. The van der Waals surface area contributed by atoms with Crippen LogP contribution < -0.4 is 5.32 Å². The van der Waals surface area contributed by atoms with Gasteiger partial charge in [-0.3, -0.25) is 10.1 Å². The van der Waals surface area contributed by atoms with Crippen molar-refractivity contribution in [1.82, 2.24) is 10.2 Å². The van der Waals surface area contributed by atoms with E-state index in [1.54, 1.807) is 0 Å². The number of hydrogen-bond donors (Lipinski definition) is 1. The number of nitrogens with one attached hydrogen (secondary N) is 1. The Morgan fingerprint density at radius 1 is 1.21 bits per heavy atom. The zero-order valence-corrected chi connectivity index (χ0v) is 12.1. The predicted molar refractivity (Wildman–Crippen MR) is 77.6 cm³/mol. The highest BCUT2D eigenvalue weighted by atomic mass is 16.2. The number of hydrogen-bond acceptors (Lipinski definition) is 2. The Labute approximate surface area is 116 Å². The zero-order valence-electron chi connectivity index (χ0n) is 12.1. The van der Waals surface area contributed by atoms with Gasteiger partial charge < -0.3 is 4.90 Å². The van der Waals surface area contributed by atoms with Crippen molar-refractivity contribution in [1.29, 1.82) is 0 Å². The smallest absolute Gasteiger partial charge is 0.238 e. The quantitative estimate of drug-likeness (QED) is 0.883. The molecule has 3 heteroatoms. The maximum Gasteiger partial charge on any atom is 0.238 e. The van der Waals surface area contributed by atoms with E-state index in [0.29, 0.717) is 12.5 Å². The minimum atomic E-state index is 0.0378. The van der Waals surface area contributed by atoms with Crippen LogP contribution >= 0.6 is 0 Å². The Bertz CT molecular complexity index is 416. The van der Waals surface area contributed by atoms with E-state index in [2.05, 4.69) is 38.2 Å². The number of nitrogens with zero attached hydrogens (tertiary/aromatic N) is 1. The molecule has 1 fully saturated rings. The third-order valence-corrected chi connectivity index (χ3v) is 3.76. The first-order valence-electron chi connectivity index (χ1n) is 7.19. The van der Waals surface area contributed by atoms with Crippen molar-refractivity contribution in [3.8, 4) is 0 Å². The largest absolute Gasteiger partial charge is 0.319 e. The summed E-state index contributed by atoms with van der Waals surface area (Å²) in [5.41, 5.74) is 1.17. The number of rotatable bonds is 5. The fraction of sp³-hybridized carbons (Fsp3) is 0.562. The molecule has 0 spiro atoms. The van der Waals surface area contributed by atoms with Crippen LogP contribution in [0.25, 0.3) is 0 Å². The van der Waals surface area contributed by atoms with Crippen LogP contribution in [0.2, 0.25) is 0 Å². The van der Waals surface area contributed by atoms with Crippen LogP contribution in [0.4, 0.5) is 0 Å². The molecule has 1 heterocycles. The fourth-order valence-electron chi connectivity index (χ4n) is 2.65. The molecule has 2 rings (SSSR count). The molecule has 1 amide bonds. The third kappa shape index (κ3) is 3.35. The molecule has 0 aromatic heterocycles. The second-order valence-electron chi connectivity index (χ2n) is 5.82. The summed E-state index contributed by atoms with van der Waals surface area (Å²) in [6.45, 7) is 7.06. The normalized spacial score (nSPS) is 21.2. The van der Waals surface area contributed by atoms with E-state index in [1.807, 2.05) is 23.1 Å². The van der Waals surface area contributed by atoms with Gasteiger partial charge in [0.2, 0.25) is 5.91 Å². The summed E-state index contributed by atoms with van der Waals surface area (Å²) in [5.74, 6) is 0.897. The van der Waals surface area contributed by atoms with Crippen LogP contribution in [0, 0.1) is 5.92 Å². The van der Waals surface area contributed by atoms with Crippen LogP contribution in [-0.2, 0) is 4.79 Å². The van der Waals surface area contributed by atoms with Crippen LogP contribution in [0.1, 0.15) is 45.3 Å². The molecular formula is C16H24N2O. The number of carbonyl (C=O) groups is 1. The molecule has 0 radical (unpaired) electrons. The Morgan fingerprint density at radius 3 is 2.53 bits per heavy atom. The standard InChI is InChI=1S/C16H24N2O/c1-12(2)9-10-13(3)18-15(19)11-17-16(18)14-7-5-4-6-8-14/h4-8,12-13,16-17H,9-11H2,1-3H3. The second-order valence-corrected chi connectivity index (χ2v) is 5.82. The first-order chi connectivity index (χ1) is 9.09. The van der Waals surface area contributed by atoms with Crippen molar-refractivity contribution >= 4 is 5.91 Å². The van der Waals surface area contributed by atoms with Gasteiger partial charge in [0.25, 0.3) is 0 Å². The second kappa shape index (κ2) is 6.20. The lowest BCUT2D eigenvalue weighted by Gasteiger charge is -2.31. The minimum Gasteiger partial charge on any atom is -0.319 e. The van der Waals surface area contributed by atoms with Gasteiger partial charge in [0.05, 0.1) is 6.54 Å². The van der Waals surface area contributed by atoms with E-state index in [0.717, 1.165) is 12.8 Å². The minimum absolute atomic E-state index is 0.0378. The molecule has 0 bridgehead atoms. The summed E-state index contributed by atoms with van der Waals surface area (Å²) < 4.78 is 0. The van der Waals surface area contributed by atoms with E-state index in [9.17, 15) is 4.79 Å². The van der Waals surface area contributed by atoms with Gasteiger partial charge in [-0.15, -0.1) is 0 Å². The van der Waals surface area contributed by atoms with E-state index < -0.39 is 0 Å².